The van der Waals surface area contributed by atoms with E-state index in [0.717, 1.165) is 31.7 Å². The summed E-state index contributed by atoms with van der Waals surface area (Å²) in [4.78, 5) is 29.3. The van der Waals surface area contributed by atoms with Gasteiger partial charge in [-0.15, -0.1) is 0 Å². The van der Waals surface area contributed by atoms with E-state index in [2.05, 4.69) is 17.0 Å². The molecular weight excluding hydrogens is 469 g/mol. The summed E-state index contributed by atoms with van der Waals surface area (Å²) >= 11 is 0. The van der Waals surface area contributed by atoms with Gasteiger partial charge in [0, 0.05) is 36.8 Å². The molecule has 8 heteroatoms. The van der Waals surface area contributed by atoms with Crippen LogP contribution in [0.4, 0.5) is 13.2 Å². The van der Waals surface area contributed by atoms with Gasteiger partial charge in [0.05, 0.1) is 13.7 Å². The predicted octanol–water partition coefficient (Wildman–Crippen LogP) is 4.97. The minimum absolute atomic E-state index is 0.00930. The number of ether oxygens (including phenoxy) is 1. The van der Waals surface area contributed by atoms with Crippen LogP contribution >= 0.6 is 0 Å². The molecule has 2 aromatic carbocycles. The highest BCUT2D eigenvalue weighted by molar-refractivity contribution is 6.04. The van der Waals surface area contributed by atoms with Crippen LogP contribution in [0.15, 0.2) is 48.7 Å². The molecule has 2 aromatic rings. The molecule has 5 nitrogen and oxygen atoms in total. The van der Waals surface area contributed by atoms with Crippen LogP contribution < -0.4 is 4.74 Å². The number of methoxy groups -OCH3 is 1. The second-order valence-electron chi connectivity index (χ2n) is 9.53. The first-order valence-corrected chi connectivity index (χ1v) is 12.3. The molecule has 0 aliphatic carbocycles. The van der Waals surface area contributed by atoms with E-state index in [1.54, 1.807) is 13.3 Å². The molecule has 4 rings (SSSR count). The monoisotopic (exact) mass is 500 g/mol. The summed E-state index contributed by atoms with van der Waals surface area (Å²) in [5.41, 5.74) is 1.07. The Bertz CT molecular complexity index is 1080. The van der Waals surface area contributed by atoms with E-state index in [0.29, 0.717) is 50.5 Å². The number of piperidine rings is 2. The van der Waals surface area contributed by atoms with Crippen molar-refractivity contribution in [2.45, 2.75) is 31.6 Å². The van der Waals surface area contributed by atoms with Gasteiger partial charge in [0.15, 0.2) is 23.2 Å². The number of carbonyl (C=O) groups is 2. The van der Waals surface area contributed by atoms with Crippen LogP contribution in [0.1, 0.15) is 47.5 Å². The smallest absolute Gasteiger partial charge is 0.194 e. The molecule has 2 saturated heterocycles. The quantitative estimate of drug-likeness (QED) is 0.291. The van der Waals surface area contributed by atoms with Crippen LogP contribution in [-0.4, -0.2) is 61.2 Å². The highest BCUT2D eigenvalue weighted by atomic mass is 19.2. The Morgan fingerprint density at radius 3 is 2.14 bits per heavy atom. The van der Waals surface area contributed by atoms with Crippen LogP contribution in [0.3, 0.4) is 0 Å². The van der Waals surface area contributed by atoms with E-state index in [9.17, 15) is 22.8 Å². The zero-order valence-electron chi connectivity index (χ0n) is 20.4. The van der Waals surface area contributed by atoms with Gasteiger partial charge < -0.3 is 9.64 Å². The topological polar surface area (TPSA) is 49.9 Å². The van der Waals surface area contributed by atoms with Crippen LogP contribution in [0, 0.1) is 23.4 Å². The molecule has 2 aliphatic heterocycles. The van der Waals surface area contributed by atoms with Gasteiger partial charge in [0.1, 0.15) is 11.5 Å². The number of rotatable bonds is 8. The van der Waals surface area contributed by atoms with E-state index in [-0.39, 0.29) is 17.3 Å². The van der Waals surface area contributed by atoms with Crippen molar-refractivity contribution in [2.75, 3.05) is 39.8 Å². The van der Waals surface area contributed by atoms with Crippen LogP contribution in [0.5, 0.6) is 5.75 Å². The molecule has 2 heterocycles. The van der Waals surface area contributed by atoms with Gasteiger partial charge in [-0.2, -0.15) is 0 Å². The molecule has 0 radical (unpaired) electrons. The van der Waals surface area contributed by atoms with Gasteiger partial charge in [0.25, 0.3) is 0 Å². The first kappa shape index (κ1) is 25.9. The summed E-state index contributed by atoms with van der Waals surface area (Å²) < 4.78 is 45.0. The largest absolute Gasteiger partial charge is 0.497 e. The second kappa shape index (κ2) is 11.7. The summed E-state index contributed by atoms with van der Waals surface area (Å²) in [5.74, 6) is -3.38. The molecule has 2 aliphatic rings. The fourth-order valence-corrected chi connectivity index (χ4v) is 4.99. The third-order valence-corrected chi connectivity index (χ3v) is 7.24. The lowest BCUT2D eigenvalue weighted by atomic mass is 9.88. The average Bonchev–Trinajstić information content (AvgIpc) is 2.90. The zero-order chi connectivity index (χ0) is 25.7. The first-order chi connectivity index (χ1) is 17.3. The molecule has 36 heavy (non-hydrogen) atoms. The Labute approximate surface area is 209 Å². The van der Waals surface area contributed by atoms with Crippen LogP contribution in [-0.2, 0) is 4.79 Å². The lowest BCUT2D eigenvalue weighted by molar-refractivity contribution is -0.125. The van der Waals surface area contributed by atoms with E-state index in [1.807, 2.05) is 17.0 Å². The number of Topliss-reactive ketones (excluding diaryl/α,β-unsaturated/α-hetero) is 1. The Balaban J connectivity index is 1.20. The Morgan fingerprint density at radius 2 is 1.56 bits per heavy atom. The number of nitrogens with zero attached hydrogens (tertiary/aromatic N) is 2. The second-order valence-corrected chi connectivity index (χ2v) is 9.53. The van der Waals surface area contributed by atoms with Crippen molar-refractivity contribution in [3.63, 3.8) is 0 Å². The van der Waals surface area contributed by atoms with Crippen molar-refractivity contribution in [1.29, 1.82) is 0 Å². The highest BCUT2D eigenvalue weighted by Crippen LogP contribution is 2.29. The van der Waals surface area contributed by atoms with Gasteiger partial charge in [0.2, 0.25) is 0 Å². The molecule has 0 bridgehead atoms. The molecule has 2 fully saturated rings. The third-order valence-electron chi connectivity index (χ3n) is 7.24. The number of likely N-dealkylation sites (tertiary alicyclic amines) is 2. The predicted molar refractivity (Wildman–Crippen MR) is 130 cm³/mol. The fourth-order valence-electron chi connectivity index (χ4n) is 4.99. The minimum atomic E-state index is -1.59. The molecule has 0 amide bonds. The van der Waals surface area contributed by atoms with Gasteiger partial charge in [-0.3, -0.25) is 14.5 Å². The summed E-state index contributed by atoms with van der Waals surface area (Å²) in [6, 6.07) is 9.61. The maximum Gasteiger partial charge on any atom is 0.194 e. The number of hydrogen-bond donors (Lipinski definition) is 0. The summed E-state index contributed by atoms with van der Waals surface area (Å²) in [6.07, 6.45) is 6.24. The minimum Gasteiger partial charge on any atom is -0.497 e. The molecule has 0 unspecified atom stereocenters. The van der Waals surface area contributed by atoms with E-state index >= 15 is 0 Å². The highest BCUT2D eigenvalue weighted by Gasteiger charge is 2.27. The fraction of sp³-hybridized carbons (Fsp3) is 0.429. The molecule has 0 spiro atoms. The number of halogens is 3. The van der Waals surface area contributed by atoms with Crippen molar-refractivity contribution in [3.8, 4) is 5.75 Å². The standard InChI is InChI=1S/C28H31F3N2O3/c1-36-23-4-2-19(3-5-23)20-6-13-33(14-7-20)18-27(35)21-8-11-32(12-9-21)15-10-26(34)22-16-24(29)28(31)25(30)17-22/h2-5,10,15-17,20-21H,6-9,11-14,18H2,1H3. The zero-order valence-corrected chi connectivity index (χ0v) is 20.4. The summed E-state index contributed by atoms with van der Waals surface area (Å²) in [7, 11) is 1.66. The Morgan fingerprint density at radius 1 is 0.944 bits per heavy atom. The maximum atomic E-state index is 13.4. The van der Waals surface area contributed by atoms with Crippen molar-refractivity contribution in [2.24, 2.45) is 5.92 Å². The number of ketones is 2. The van der Waals surface area contributed by atoms with E-state index < -0.39 is 23.2 Å². The van der Waals surface area contributed by atoms with Crippen LogP contribution in [0.25, 0.3) is 0 Å². The number of carbonyl (C=O) groups excluding carboxylic acids is 2. The van der Waals surface area contributed by atoms with Crippen molar-refractivity contribution in [1.82, 2.24) is 9.80 Å². The summed E-state index contributed by atoms with van der Waals surface area (Å²) in [6.45, 7) is 3.50. The Kier molecular flexibility index (Phi) is 8.46. The number of benzene rings is 2. The van der Waals surface area contributed by atoms with E-state index in [4.69, 9.17) is 4.74 Å². The molecule has 0 aromatic heterocycles. The molecule has 0 N–H and O–H groups in total. The number of allylic oxidation sites excluding steroid dienone is 1. The molecule has 0 atom stereocenters. The van der Waals surface area contributed by atoms with Gasteiger partial charge in [-0.1, -0.05) is 12.1 Å². The third kappa shape index (κ3) is 6.35. The normalized spacial score (nSPS) is 18.1. The van der Waals surface area contributed by atoms with Crippen molar-refractivity contribution < 1.29 is 27.5 Å². The molecule has 0 saturated carbocycles. The first-order valence-electron chi connectivity index (χ1n) is 12.3. The Hall–Kier alpha value is -3.13. The van der Waals surface area contributed by atoms with Crippen LogP contribution in [0.2, 0.25) is 0 Å². The van der Waals surface area contributed by atoms with Crippen molar-refractivity contribution >= 4 is 11.6 Å². The maximum absolute atomic E-state index is 13.4. The van der Waals surface area contributed by atoms with Crippen molar-refractivity contribution in [3.05, 3.63) is 77.3 Å². The summed E-state index contributed by atoms with van der Waals surface area (Å²) in [5, 5.41) is 0. The molecule has 192 valence electrons. The molecular formula is C28H31F3N2O3. The lowest BCUT2D eigenvalue weighted by Gasteiger charge is -2.34. The van der Waals surface area contributed by atoms with Gasteiger partial charge >= 0.3 is 0 Å². The lowest BCUT2D eigenvalue weighted by Crippen LogP contribution is -2.41. The van der Waals surface area contributed by atoms with Gasteiger partial charge in [-0.25, -0.2) is 13.2 Å². The van der Waals surface area contributed by atoms with Gasteiger partial charge in [-0.05, 0) is 74.5 Å². The SMILES string of the molecule is COc1ccc(C2CCN(CC(=O)C3CCN(C=CC(=O)c4cc(F)c(F)c(F)c4)CC3)CC2)cc1. The number of hydrogen-bond acceptors (Lipinski definition) is 5. The average molecular weight is 501 g/mol. The van der Waals surface area contributed by atoms with E-state index in [1.165, 1.54) is 11.6 Å².